The molecule has 3 heterocycles. The number of carboxylic acid groups (broad SMARTS) is 1. The van der Waals surface area contributed by atoms with Crippen molar-refractivity contribution in [1.82, 2.24) is 52.1 Å². The van der Waals surface area contributed by atoms with E-state index >= 15 is 0 Å². The summed E-state index contributed by atoms with van der Waals surface area (Å²) in [5.41, 5.74) is 12.6. The van der Waals surface area contributed by atoms with Gasteiger partial charge in [0.05, 0.1) is 12.9 Å². The number of aromatic nitrogens is 2. The number of aromatic amines is 1. The van der Waals surface area contributed by atoms with Crippen LogP contribution >= 0.6 is 21.6 Å². The van der Waals surface area contributed by atoms with Crippen molar-refractivity contribution in [3.63, 3.8) is 0 Å². The number of phenols is 1. The zero-order valence-electron chi connectivity index (χ0n) is 39.6. The van der Waals surface area contributed by atoms with Gasteiger partial charge in [0.1, 0.15) is 48.0 Å². The number of carbonyl (C=O) groups excluding carboxylic acids is 7. The Morgan fingerprint density at radius 1 is 0.901 bits per heavy atom. The number of phenolic OH excluding ortho intramolecular Hbond substituents is 1. The van der Waals surface area contributed by atoms with Crippen LogP contribution in [0.1, 0.15) is 49.9 Å². The van der Waals surface area contributed by atoms with Gasteiger partial charge in [-0.3, -0.25) is 38.6 Å². The molecule has 0 saturated carbocycles. The molecule has 1 aromatic heterocycles. The molecule has 3 aromatic rings. The lowest BCUT2D eigenvalue weighted by Gasteiger charge is -2.30. The Labute approximate surface area is 418 Å². The van der Waals surface area contributed by atoms with Crippen LogP contribution in [0.3, 0.4) is 0 Å². The zero-order valence-corrected chi connectivity index (χ0v) is 41.2. The maximum atomic E-state index is 14.6. The summed E-state index contributed by atoms with van der Waals surface area (Å²) >= 11 is 0. The first-order valence-electron chi connectivity index (χ1n) is 23.0. The number of nitrogens with zero attached hydrogens (tertiary/aromatic N) is 3. The van der Waals surface area contributed by atoms with Gasteiger partial charge in [-0.2, -0.15) is 0 Å². The van der Waals surface area contributed by atoms with Crippen molar-refractivity contribution >= 4 is 74.9 Å². The van der Waals surface area contributed by atoms with E-state index in [1.807, 2.05) is 0 Å². The van der Waals surface area contributed by atoms with Crippen molar-refractivity contribution in [3.8, 4) is 5.75 Å². The number of carbonyl (C=O) groups is 8. The first kappa shape index (κ1) is 55.1. The van der Waals surface area contributed by atoms with E-state index in [0.717, 1.165) is 0 Å². The molecule has 2 aliphatic rings. The van der Waals surface area contributed by atoms with Crippen molar-refractivity contribution in [2.24, 2.45) is 22.4 Å². The van der Waals surface area contributed by atoms with Crippen LogP contribution in [-0.2, 0) is 57.6 Å². The second-order valence-electron chi connectivity index (χ2n) is 17.5. The standard InChI is InChI=1S/C46H63N13O10S2/c1-25(2)38(58-39(62)31(53-37(61)21-49-3)10-7-15-51-46(47)48)43(66)54-32(16-27-11-13-29(60)14-12-27)40(63)57-35-23-70-71-30-19-36(42(65)56-34(45(68)69)17-26-8-5-4-6-9-26)59(22-30)44(67)33(55-41(35)64)18-28-20-50-24-52-28/h4-6,8-9,11-14,20,24-25,30-36,38,49,60H,7,10,15-19,21-23H2,1-3H3,(H,50,52)(H,53,61)(H,54,66)(H,55,64)(H,56,65)(H,57,63)(H,58,62)(H,68,69)(H4,47,48,51)/t30-,31+,32+,33-,34+,35-,36-,38+/m1/s1. The molecule has 0 unspecified atom stereocenters. The highest BCUT2D eigenvalue weighted by Crippen LogP contribution is 2.37. The van der Waals surface area contributed by atoms with Gasteiger partial charge < -0.3 is 68.8 Å². The molecular weight excluding hydrogens is 959 g/mol. The van der Waals surface area contributed by atoms with Gasteiger partial charge >= 0.3 is 5.97 Å². The molecule has 2 bridgehead atoms. The fourth-order valence-corrected chi connectivity index (χ4v) is 10.7. The molecule has 0 spiro atoms. The molecule has 25 heteroatoms. The number of rotatable bonds is 23. The molecule has 2 aliphatic heterocycles. The highest BCUT2D eigenvalue weighted by molar-refractivity contribution is 8.77. The number of nitrogens with one attached hydrogen (secondary N) is 8. The number of aromatic hydroxyl groups is 1. The summed E-state index contributed by atoms with van der Waals surface area (Å²) in [6.07, 6.45) is 3.31. The fourth-order valence-electron chi connectivity index (χ4n) is 7.93. The van der Waals surface area contributed by atoms with Crippen LogP contribution in [0.5, 0.6) is 5.75 Å². The van der Waals surface area contributed by atoms with Crippen molar-refractivity contribution < 1.29 is 48.6 Å². The summed E-state index contributed by atoms with van der Waals surface area (Å²) in [7, 11) is 4.11. The van der Waals surface area contributed by atoms with E-state index in [2.05, 4.69) is 52.2 Å². The van der Waals surface area contributed by atoms with Gasteiger partial charge in [-0.1, -0.05) is 77.9 Å². The number of benzene rings is 2. The van der Waals surface area contributed by atoms with E-state index in [1.54, 1.807) is 63.4 Å². The second kappa shape index (κ2) is 26.9. The molecule has 7 amide bonds. The number of fused-ring (bicyclic) bond motifs is 2. The number of likely N-dealkylation sites (N-methyl/N-ethyl adjacent to an activating group) is 1. The third kappa shape index (κ3) is 16.9. The molecule has 2 aromatic carbocycles. The minimum absolute atomic E-state index is 0.0129. The van der Waals surface area contributed by atoms with Gasteiger partial charge in [-0.25, -0.2) is 9.78 Å². The summed E-state index contributed by atoms with van der Waals surface area (Å²) < 4.78 is 0. The summed E-state index contributed by atoms with van der Waals surface area (Å²) in [6, 6.07) is 6.25. The quantitative estimate of drug-likeness (QED) is 0.0221. The van der Waals surface area contributed by atoms with E-state index in [9.17, 15) is 48.6 Å². The minimum atomic E-state index is -1.35. The lowest BCUT2D eigenvalue weighted by atomic mass is 10.00. The van der Waals surface area contributed by atoms with Gasteiger partial charge in [-0.15, -0.1) is 0 Å². The Bertz CT molecular complexity index is 2340. The largest absolute Gasteiger partial charge is 0.508 e. The number of hydrogen-bond acceptors (Lipinski definition) is 14. The van der Waals surface area contributed by atoms with E-state index in [1.165, 1.54) is 51.1 Å². The number of imidazole rings is 1. The maximum absolute atomic E-state index is 14.6. The smallest absolute Gasteiger partial charge is 0.326 e. The van der Waals surface area contributed by atoms with Gasteiger partial charge in [0.15, 0.2) is 5.96 Å². The molecule has 0 aliphatic carbocycles. The summed E-state index contributed by atoms with van der Waals surface area (Å²) in [5, 5.41) is 38.7. The molecule has 2 fully saturated rings. The Morgan fingerprint density at radius 2 is 1.61 bits per heavy atom. The highest BCUT2D eigenvalue weighted by atomic mass is 33.1. The molecular formula is C46H63N13O10S2. The molecule has 0 radical (unpaired) electrons. The molecule has 8 atom stereocenters. The van der Waals surface area contributed by atoms with Crippen molar-refractivity contribution in [1.29, 1.82) is 0 Å². The average molecular weight is 1020 g/mol. The number of carboxylic acids is 1. The van der Waals surface area contributed by atoms with Crippen LogP contribution < -0.4 is 48.7 Å². The average Bonchev–Trinajstić information content (AvgIpc) is 4.01. The summed E-state index contributed by atoms with van der Waals surface area (Å²) in [4.78, 5) is 122. The summed E-state index contributed by atoms with van der Waals surface area (Å²) in [5.74, 6) is -6.63. The number of aliphatic imine (C=N–C) groups is 1. The Hall–Kier alpha value is -6.86. The van der Waals surface area contributed by atoms with Gasteiger partial charge in [0.2, 0.25) is 41.4 Å². The predicted octanol–water partition coefficient (Wildman–Crippen LogP) is -1.57. The number of hydrogen-bond donors (Lipinski definition) is 12. The third-order valence-corrected chi connectivity index (χ3v) is 14.5. The monoisotopic (exact) mass is 1020 g/mol. The number of aliphatic carboxylic acids is 1. The zero-order chi connectivity index (χ0) is 51.6. The Kier molecular flexibility index (Phi) is 20.9. The SMILES string of the molecule is CNCC(=O)N[C@@H](CCCN=C(N)N)C(=O)N[C@H](C(=O)N[C@@H](Cc1ccc(O)cc1)C(=O)N[C@@H]1CSS[C@@H]2C[C@H](C(=O)N[C@@H](Cc3ccccc3)C(=O)O)N(C2)C(=O)[C@@H](Cc2cnc[nH]2)NC1=O)C(C)C. The second-order valence-corrected chi connectivity index (χ2v) is 20.2. The van der Waals surface area contributed by atoms with E-state index < -0.39 is 95.5 Å². The molecule has 71 heavy (non-hydrogen) atoms. The highest BCUT2D eigenvalue weighted by Gasteiger charge is 2.45. The number of guanidine groups is 1. The lowest BCUT2D eigenvalue weighted by molar-refractivity contribution is -0.145. The molecule has 384 valence electrons. The van der Waals surface area contributed by atoms with Crippen LogP contribution in [-0.4, -0.2) is 158 Å². The lowest BCUT2D eigenvalue weighted by Crippen LogP contribution is -2.61. The van der Waals surface area contributed by atoms with E-state index in [4.69, 9.17) is 11.5 Å². The van der Waals surface area contributed by atoms with Gasteiger partial charge in [0, 0.05) is 55.2 Å². The van der Waals surface area contributed by atoms with E-state index in [0.29, 0.717) is 23.2 Å². The molecule has 2 saturated heterocycles. The van der Waals surface area contributed by atoms with Crippen LogP contribution in [0.2, 0.25) is 0 Å². The van der Waals surface area contributed by atoms with E-state index in [-0.39, 0.29) is 74.5 Å². The van der Waals surface area contributed by atoms with Crippen LogP contribution in [0.15, 0.2) is 72.1 Å². The maximum Gasteiger partial charge on any atom is 0.326 e. The normalized spacial score (nSPS) is 19.7. The molecule has 14 N–H and O–H groups in total. The topological polar surface area (TPSA) is 358 Å². The number of amides is 7. The van der Waals surface area contributed by atoms with Crippen molar-refractivity contribution in [2.75, 3.05) is 32.4 Å². The molecule has 23 nitrogen and oxygen atoms in total. The first-order chi connectivity index (χ1) is 33.9. The van der Waals surface area contributed by atoms with Gasteiger partial charge in [-0.05, 0) is 55.5 Å². The van der Waals surface area contributed by atoms with Crippen LogP contribution in [0.25, 0.3) is 0 Å². The van der Waals surface area contributed by atoms with Crippen molar-refractivity contribution in [3.05, 3.63) is 83.9 Å². The van der Waals surface area contributed by atoms with Crippen LogP contribution in [0, 0.1) is 5.92 Å². The molecule has 5 rings (SSSR count). The van der Waals surface area contributed by atoms with Gasteiger partial charge in [0.25, 0.3) is 0 Å². The fraction of sp³-hybridized carbons (Fsp3) is 0.478. The van der Waals surface area contributed by atoms with Crippen LogP contribution in [0.4, 0.5) is 0 Å². The Morgan fingerprint density at radius 3 is 2.25 bits per heavy atom. The number of H-pyrrole nitrogens is 1. The minimum Gasteiger partial charge on any atom is -0.508 e. The Balaban J connectivity index is 1.36. The number of nitrogens with two attached hydrogens (primary N) is 2. The van der Waals surface area contributed by atoms with Crippen molar-refractivity contribution in [2.45, 2.75) is 99.9 Å². The predicted molar refractivity (Wildman–Crippen MR) is 266 cm³/mol. The third-order valence-electron chi connectivity index (χ3n) is 11.6. The summed E-state index contributed by atoms with van der Waals surface area (Å²) in [6.45, 7) is 3.58. The first-order valence-corrected chi connectivity index (χ1v) is 25.4.